The second kappa shape index (κ2) is 13.1. The molecule has 0 radical (unpaired) electrons. The highest BCUT2D eigenvalue weighted by molar-refractivity contribution is 8.00. The SMILES string of the molecule is C=C(c1ccc(CC(C)C)cc1)C(CC(=O)c1ccc(SC(F)(F)F)cc1)c1ccc(C(C)=CCC)cc1. The number of allylic oxidation sites excluding steroid dienone is 3. The Balaban J connectivity index is 1.89. The summed E-state index contributed by atoms with van der Waals surface area (Å²) >= 11 is -0.184. The number of halogens is 3. The number of thioether (sulfide) groups is 1. The molecule has 0 amide bonds. The van der Waals surface area contributed by atoms with E-state index in [0.717, 1.165) is 35.1 Å². The summed E-state index contributed by atoms with van der Waals surface area (Å²) in [6.45, 7) is 12.9. The van der Waals surface area contributed by atoms with Crippen molar-refractivity contribution in [3.05, 3.63) is 113 Å². The normalized spacial score (nSPS) is 13.0. The Labute approximate surface area is 228 Å². The smallest absolute Gasteiger partial charge is 0.294 e. The molecule has 3 aromatic carbocycles. The molecule has 0 aliphatic carbocycles. The second-order valence-electron chi connectivity index (χ2n) is 9.99. The van der Waals surface area contributed by atoms with Crippen LogP contribution in [0.4, 0.5) is 13.2 Å². The quantitative estimate of drug-likeness (QED) is 0.179. The first kappa shape index (κ1) is 29.5. The highest BCUT2D eigenvalue weighted by Gasteiger charge is 2.29. The first-order chi connectivity index (χ1) is 18.0. The minimum atomic E-state index is -4.37. The van der Waals surface area contributed by atoms with E-state index >= 15 is 0 Å². The molecule has 3 rings (SSSR count). The lowest BCUT2D eigenvalue weighted by Crippen LogP contribution is -2.10. The van der Waals surface area contributed by atoms with Gasteiger partial charge in [-0.3, -0.25) is 4.79 Å². The third kappa shape index (κ3) is 8.49. The summed E-state index contributed by atoms with van der Waals surface area (Å²) in [5.74, 6) is 0.147. The molecule has 0 aromatic heterocycles. The van der Waals surface area contributed by atoms with Crippen molar-refractivity contribution in [1.82, 2.24) is 0 Å². The van der Waals surface area contributed by atoms with Crippen molar-refractivity contribution in [1.29, 1.82) is 0 Å². The van der Waals surface area contributed by atoms with Crippen molar-refractivity contribution in [3.8, 4) is 0 Å². The van der Waals surface area contributed by atoms with Crippen LogP contribution in [0.5, 0.6) is 0 Å². The summed E-state index contributed by atoms with van der Waals surface area (Å²) in [7, 11) is 0. The van der Waals surface area contributed by atoms with Gasteiger partial charge in [-0.2, -0.15) is 13.2 Å². The Hall–Kier alpha value is -3.05. The molecule has 0 aliphatic rings. The van der Waals surface area contributed by atoms with Gasteiger partial charge in [0.2, 0.25) is 0 Å². The highest BCUT2D eigenvalue weighted by atomic mass is 32.2. The molecular weight excluding hydrogens is 501 g/mol. The molecule has 0 fully saturated rings. The van der Waals surface area contributed by atoms with Crippen LogP contribution in [0.25, 0.3) is 11.1 Å². The number of Topliss-reactive ketones (excluding diaryl/α,β-unsaturated/α-hetero) is 1. The summed E-state index contributed by atoms with van der Waals surface area (Å²) in [6.07, 6.45) is 4.29. The fraction of sp³-hybridized carbons (Fsp3) is 0.303. The van der Waals surface area contributed by atoms with E-state index in [1.165, 1.54) is 35.4 Å². The largest absolute Gasteiger partial charge is 0.446 e. The number of rotatable bonds is 11. The molecule has 0 saturated carbocycles. The Morgan fingerprint density at radius 1 is 0.895 bits per heavy atom. The second-order valence-corrected chi connectivity index (χ2v) is 11.1. The van der Waals surface area contributed by atoms with Crippen LogP contribution in [-0.2, 0) is 6.42 Å². The molecule has 5 heteroatoms. The van der Waals surface area contributed by atoms with Gasteiger partial charge in [-0.05, 0) is 83.0 Å². The van der Waals surface area contributed by atoms with Crippen molar-refractivity contribution < 1.29 is 18.0 Å². The fourth-order valence-corrected chi connectivity index (χ4v) is 5.06. The monoisotopic (exact) mass is 536 g/mol. The van der Waals surface area contributed by atoms with E-state index < -0.39 is 5.51 Å². The molecule has 0 N–H and O–H groups in total. The van der Waals surface area contributed by atoms with Gasteiger partial charge in [-0.25, -0.2) is 0 Å². The predicted molar refractivity (Wildman–Crippen MR) is 154 cm³/mol. The lowest BCUT2D eigenvalue weighted by molar-refractivity contribution is -0.0328. The predicted octanol–water partition coefficient (Wildman–Crippen LogP) is 10.4. The third-order valence-corrected chi connectivity index (χ3v) is 7.21. The zero-order chi connectivity index (χ0) is 27.9. The van der Waals surface area contributed by atoms with Gasteiger partial charge >= 0.3 is 5.51 Å². The first-order valence-corrected chi connectivity index (χ1v) is 13.7. The lowest BCUT2D eigenvalue weighted by Gasteiger charge is -2.21. The van der Waals surface area contributed by atoms with Crippen LogP contribution >= 0.6 is 11.8 Å². The standard InChI is InChI=1S/C33H35F3OS/c1-6-7-23(4)26-12-14-28(15-13-26)31(24(5)27-10-8-25(9-11-27)20-22(2)3)21-32(37)29-16-18-30(19-17-29)38-33(34,35)36/h7-19,22,31H,5-6,20-21H2,1-4H3. The van der Waals surface area contributed by atoms with E-state index in [1.54, 1.807) is 0 Å². The van der Waals surface area contributed by atoms with Crippen LogP contribution < -0.4 is 0 Å². The lowest BCUT2D eigenvalue weighted by atomic mass is 9.82. The van der Waals surface area contributed by atoms with Crippen LogP contribution in [0, 0.1) is 5.92 Å². The van der Waals surface area contributed by atoms with Crippen LogP contribution in [-0.4, -0.2) is 11.3 Å². The number of alkyl halides is 3. The van der Waals surface area contributed by atoms with E-state index in [-0.39, 0.29) is 34.8 Å². The van der Waals surface area contributed by atoms with Crippen molar-refractivity contribution in [2.24, 2.45) is 5.92 Å². The van der Waals surface area contributed by atoms with Gasteiger partial charge in [-0.1, -0.05) is 94.1 Å². The summed E-state index contributed by atoms with van der Waals surface area (Å²) < 4.78 is 38.1. The topological polar surface area (TPSA) is 17.1 Å². The zero-order valence-corrected chi connectivity index (χ0v) is 23.3. The minimum absolute atomic E-state index is 0.0580. The van der Waals surface area contributed by atoms with Crippen molar-refractivity contribution in [2.75, 3.05) is 0 Å². The Kier molecular flexibility index (Phi) is 10.2. The van der Waals surface area contributed by atoms with Crippen LogP contribution in [0.3, 0.4) is 0 Å². The van der Waals surface area contributed by atoms with Crippen molar-refractivity contribution in [3.63, 3.8) is 0 Å². The summed E-state index contributed by atoms with van der Waals surface area (Å²) in [5.41, 5.74) is 2.39. The number of hydrogen-bond donors (Lipinski definition) is 0. The molecule has 1 nitrogen and oxygen atoms in total. The van der Waals surface area contributed by atoms with E-state index in [1.807, 2.05) is 12.1 Å². The Morgan fingerprint density at radius 3 is 1.97 bits per heavy atom. The molecule has 3 aromatic rings. The van der Waals surface area contributed by atoms with Crippen LogP contribution in [0.2, 0.25) is 0 Å². The Bertz CT molecular complexity index is 1250. The van der Waals surface area contributed by atoms with E-state index in [4.69, 9.17) is 0 Å². The maximum absolute atomic E-state index is 13.3. The molecule has 0 bridgehead atoms. The van der Waals surface area contributed by atoms with Gasteiger partial charge in [-0.15, -0.1) is 0 Å². The van der Waals surface area contributed by atoms with E-state index in [2.05, 4.69) is 76.7 Å². The molecule has 0 heterocycles. The summed E-state index contributed by atoms with van der Waals surface area (Å²) in [5, 5.41) is 0. The molecule has 0 saturated heterocycles. The van der Waals surface area contributed by atoms with E-state index in [9.17, 15) is 18.0 Å². The minimum Gasteiger partial charge on any atom is -0.294 e. The molecule has 1 unspecified atom stereocenters. The molecule has 0 aliphatic heterocycles. The number of carbonyl (C=O) groups excluding carboxylic acids is 1. The van der Waals surface area contributed by atoms with E-state index in [0.29, 0.717) is 11.5 Å². The highest BCUT2D eigenvalue weighted by Crippen LogP contribution is 2.38. The zero-order valence-electron chi connectivity index (χ0n) is 22.4. The summed E-state index contributed by atoms with van der Waals surface area (Å²) in [6, 6.07) is 22.2. The van der Waals surface area contributed by atoms with Crippen LogP contribution in [0.1, 0.15) is 79.1 Å². The number of ketones is 1. The summed E-state index contributed by atoms with van der Waals surface area (Å²) in [4.78, 5) is 13.4. The fourth-order valence-electron chi connectivity index (χ4n) is 4.52. The first-order valence-electron chi connectivity index (χ1n) is 12.9. The Morgan fingerprint density at radius 2 is 1.45 bits per heavy atom. The molecule has 38 heavy (non-hydrogen) atoms. The molecule has 0 spiro atoms. The number of benzene rings is 3. The average molecular weight is 537 g/mol. The van der Waals surface area contributed by atoms with Gasteiger partial charge in [0, 0.05) is 22.8 Å². The number of hydrogen-bond acceptors (Lipinski definition) is 2. The van der Waals surface area contributed by atoms with Gasteiger partial charge in [0.15, 0.2) is 5.78 Å². The number of carbonyl (C=O) groups is 1. The van der Waals surface area contributed by atoms with Crippen LogP contribution in [0.15, 0.2) is 90.3 Å². The van der Waals surface area contributed by atoms with Crippen molar-refractivity contribution in [2.45, 2.75) is 63.3 Å². The van der Waals surface area contributed by atoms with Gasteiger partial charge in [0.05, 0.1) is 0 Å². The van der Waals surface area contributed by atoms with Gasteiger partial charge in [0.25, 0.3) is 0 Å². The molecule has 1 atom stereocenters. The maximum atomic E-state index is 13.3. The molecular formula is C33H35F3OS. The maximum Gasteiger partial charge on any atom is 0.446 e. The molecule has 200 valence electrons. The average Bonchev–Trinajstić information content (AvgIpc) is 2.86. The van der Waals surface area contributed by atoms with Gasteiger partial charge < -0.3 is 0 Å². The van der Waals surface area contributed by atoms with Crippen molar-refractivity contribution >= 4 is 28.7 Å². The van der Waals surface area contributed by atoms with Gasteiger partial charge in [0.1, 0.15) is 0 Å². The third-order valence-electron chi connectivity index (χ3n) is 6.47.